The Hall–Kier alpha value is -6.64. The number of halogens is 2. The lowest BCUT2D eigenvalue weighted by Gasteiger charge is -2.42. The minimum atomic E-state index is -1.18. The van der Waals surface area contributed by atoms with E-state index in [1.807, 2.05) is 104 Å². The fraction of sp³-hybridized carbons (Fsp3) is 0.231. The van der Waals surface area contributed by atoms with Gasteiger partial charge in [-0.2, -0.15) is 5.26 Å². The number of likely N-dealkylation sites (N-methyl/N-ethyl adjacent to an activating group) is 1. The summed E-state index contributed by atoms with van der Waals surface area (Å²) >= 11 is 12.2. The number of carboxylic acids is 1. The second-order valence-corrected chi connectivity index (χ2v) is 16.8. The zero-order chi connectivity index (χ0) is 44.9. The summed E-state index contributed by atoms with van der Waals surface area (Å²) in [5, 5.41) is 23.4. The standard InChI is InChI=1S/C52H46Cl2N4O6/c1-3-45(37-8-6-5-7-9-37)58-30-40-28-48-46(57(4-2)51(60)49(64-48)38-19-21-41(22-20-38)63-31-34-14-23-42(53)43(54)24-34)26-39(40)27-47(58)50(59)56-44(52(61)62)25-32-10-15-35(16-11-32)36-17-12-33(29-55)13-18-36/h5-24,26,28,44-45,47,49H,3-4,25,27,30-31H2,1-2H3,(H,56,59)(H,61,62)/t44?,45-,47-,49+/m0/s1. The Morgan fingerprint density at radius 3 is 2.19 bits per heavy atom. The summed E-state index contributed by atoms with van der Waals surface area (Å²) in [5.74, 6) is -0.548. The fourth-order valence-electron chi connectivity index (χ4n) is 8.62. The number of carbonyl (C=O) groups is 3. The maximum Gasteiger partial charge on any atom is 0.326 e. The number of hydrogen-bond acceptors (Lipinski definition) is 7. The molecule has 2 heterocycles. The van der Waals surface area contributed by atoms with Gasteiger partial charge >= 0.3 is 5.97 Å². The van der Waals surface area contributed by atoms with Gasteiger partial charge in [-0.3, -0.25) is 14.5 Å². The monoisotopic (exact) mass is 892 g/mol. The van der Waals surface area contributed by atoms with Crippen LogP contribution < -0.4 is 19.7 Å². The molecule has 0 saturated heterocycles. The number of ether oxygens (including phenoxy) is 2. The van der Waals surface area contributed by atoms with E-state index in [2.05, 4.69) is 35.3 Å². The highest BCUT2D eigenvalue weighted by Gasteiger charge is 2.41. The van der Waals surface area contributed by atoms with Gasteiger partial charge in [0.1, 0.15) is 24.1 Å². The maximum absolute atomic E-state index is 14.5. The molecule has 64 heavy (non-hydrogen) atoms. The predicted molar refractivity (Wildman–Crippen MR) is 247 cm³/mol. The van der Waals surface area contributed by atoms with Gasteiger partial charge in [-0.05, 0) is 107 Å². The van der Waals surface area contributed by atoms with Crippen LogP contribution in [0.1, 0.15) is 71.4 Å². The molecule has 0 radical (unpaired) electrons. The number of rotatable bonds is 14. The average Bonchev–Trinajstić information content (AvgIpc) is 3.32. The number of anilines is 1. The van der Waals surface area contributed by atoms with Crippen molar-refractivity contribution in [1.29, 1.82) is 5.26 Å². The molecule has 2 N–H and O–H groups in total. The van der Waals surface area contributed by atoms with Gasteiger partial charge in [-0.15, -0.1) is 0 Å². The fourth-order valence-corrected chi connectivity index (χ4v) is 8.94. The van der Waals surface area contributed by atoms with E-state index in [1.54, 1.807) is 29.2 Å². The predicted octanol–water partition coefficient (Wildman–Crippen LogP) is 10.3. The van der Waals surface area contributed by atoms with E-state index in [-0.39, 0.29) is 30.9 Å². The Kier molecular flexibility index (Phi) is 13.3. The first-order valence-corrected chi connectivity index (χ1v) is 22.0. The number of carboxylic acid groups (broad SMARTS) is 1. The zero-order valence-electron chi connectivity index (χ0n) is 35.3. The third-order valence-electron chi connectivity index (χ3n) is 12.0. The van der Waals surface area contributed by atoms with Crippen LogP contribution in [-0.2, 0) is 40.4 Å². The third-order valence-corrected chi connectivity index (χ3v) is 12.7. The molecule has 0 spiro atoms. The highest BCUT2D eigenvalue weighted by atomic mass is 35.5. The molecule has 324 valence electrons. The van der Waals surface area contributed by atoms with Gasteiger partial charge in [0.05, 0.1) is 33.4 Å². The zero-order valence-corrected chi connectivity index (χ0v) is 36.9. The molecular formula is C52H46Cl2N4O6. The molecule has 0 fully saturated rings. The number of carbonyl (C=O) groups excluding carboxylic acids is 2. The lowest BCUT2D eigenvalue weighted by Crippen LogP contribution is -2.55. The minimum Gasteiger partial charge on any atom is -0.489 e. The van der Waals surface area contributed by atoms with Crippen molar-refractivity contribution in [2.24, 2.45) is 0 Å². The molecule has 12 heteroatoms. The number of hydrogen-bond donors (Lipinski definition) is 2. The normalized spacial score (nSPS) is 16.7. The second kappa shape index (κ2) is 19.4. The van der Waals surface area contributed by atoms with E-state index in [0.29, 0.717) is 64.3 Å². The van der Waals surface area contributed by atoms with Crippen LogP contribution in [-0.4, -0.2) is 46.4 Å². The molecule has 0 aromatic heterocycles. The molecule has 2 aliphatic rings. The largest absolute Gasteiger partial charge is 0.489 e. The second-order valence-electron chi connectivity index (χ2n) is 16.0. The number of amides is 2. The van der Waals surface area contributed by atoms with Crippen LogP contribution in [0.15, 0.2) is 133 Å². The first-order valence-electron chi connectivity index (χ1n) is 21.3. The summed E-state index contributed by atoms with van der Waals surface area (Å²) < 4.78 is 12.5. The summed E-state index contributed by atoms with van der Waals surface area (Å²) in [6.07, 6.45) is 0.191. The van der Waals surface area contributed by atoms with Crippen molar-refractivity contribution in [3.05, 3.63) is 182 Å². The Balaban J connectivity index is 1.03. The van der Waals surface area contributed by atoms with Crippen molar-refractivity contribution in [3.63, 3.8) is 0 Å². The van der Waals surface area contributed by atoms with Crippen LogP contribution in [0, 0.1) is 11.3 Å². The highest BCUT2D eigenvalue weighted by molar-refractivity contribution is 6.42. The van der Waals surface area contributed by atoms with Crippen LogP contribution in [0.5, 0.6) is 11.5 Å². The van der Waals surface area contributed by atoms with Crippen molar-refractivity contribution in [2.45, 2.75) is 70.5 Å². The first-order chi connectivity index (χ1) is 31.0. The van der Waals surface area contributed by atoms with Crippen molar-refractivity contribution >= 4 is 46.7 Å². The Labute approximate surface area is 382 Å². The van der Waals surface area contributed by atoms with Crippen molar-refractivity contribution in [2.75, 3.05) is 11.4 Å². The lowest BCUT2D eigenvalue weighted by atomic mass is 9.88. The van der Waals surface area contributed by atoms with E-state index in [9.17, 15) is 19.5 Å². The first kappa shape index (κ1) is 44.0. The molecule has 1 unspecified atom stereocenters. The number of nitrogens with zero attached hydrogens (tertiary/aromatic N) is 3. The van der Waals surface area contributed by atoms with Crippen molar-refractivity contribution < 1.29 is 29.0 Å². The molecule has 2 aliphatic heterocycles. The Morgan fingerprint density at radius 1 is 0.859 bits per heavy atom. The van der Waals surface area contributed by atoms with E-state index in [0.717, 1.165) is 38.9 Å². The van der Waals surface area contributed by atoms with E-state index in [1.165, 1.54) is 0 Å². The lowest BCUT2D eigenvalue weighted by molar-refractivity contribution is -0.143. The highest BCUT2D eigenvalue weighted by Crippen LogP contribution is 2.44. The summed E-state index contributed by atoms with van der Waals surface area (Å²) in [6, 6.07) is 41.5. The van der Waals surface area contributed by atoms with Gasteiger partial charge in [0, 0.05) is 31.1 Å². The summed E-state index contributed by atoms with van der Waals surface area (Å²) in [4.78, 5) is 45.3. The van der Waals surface area contributed by atoms with Gasteiger partial charge in [0.2, 0.25) is 12.0 Å². The van der Waals surface area contributed by atoms with Crippen molar-refractivity contribution in [1.82, 2.24) is 10.2 Å². The Bertz CT molecular complexity index is 2710. The van der Waals surface area contributed by atoms with Gasteiger partial charge in [0.25, 0.3) is 5.91 Å². The van der Waals surface area contributed by atoms with Gasteiger partial charge in [-0.1, -0.05) is 115 Å². The van der Waals surface area contributed by atoms with Crippen LogP contribution in [0.3, 0.4) is 0 Å². The van der Waals surface area contributed by atoms with Gasteiger partial charge in [0.15, 0.2) is 0 Å². The number of nitrogens with one attached hydrogen (secondary N) is 1. The molecular weight excluding hydrogens is 847 g/mol. The number of benzene rings is 6. The van der Waals surface area contributed by atoms with Crippen LogP contribution in [0.2, 0.25) is 10.0 Å². The SMILES string of the molecule is CC[C@@H](c1ccccc1)N1Cc2cc3c(cc2C[C@H]1C(=O)NC(Cc1ccc(-c2ccc(C#N)cc2)cc1)C(=O)O)N(CC)C(=O)[C@@H](c1ccc(OCc2ccc(Cl)c(Cl)c2)cc1)O3. The van der Waals surface area contributed by atoms with Crippen LogP contribution in [0.4, 0.5) is 5.69 Å². The molecule has 0 bridgehead atoms. The summed E-state index contributed by atoms with van der Waals surface area (Å²) in [5.41, 5.74) is 8.25. The number of aliphatic carboxylic acids is 1. The van der Waals surface area contributed by atoms with E-state index in [4.69, 9.17) is 37.9 Å². The molecule has 4 atom stereocenters. The Morgan fingerprint density at radius 2 is 1.55 bits per heavy atom. The van der Waals surface area contributed by atoms with Gasteiger partial charge in [-0.25, -0.2) is 4.79 Å². The van der Waals surface area contributed by atoms with Crippen LogP contribution >= 0.6 is 23.2 Å². The maximum atomic E-state index is 14.5. The molecule has 2 amide bonds. The van der Waals surface area contributed by atoms with Crippen LogP contribution in [0.25, 0.3) is 11.1 Å². The van der Waals surface area contributed by atoms with Crippen molar-refractivity contribution in [3.8, 4) is 28.7 Å². The summed E-state index contributed by atoms with van der Waals surface area (Å²) in [7, 11) is 0. The molecule has 0 aliphatic carbocycles. The quantitative estimate of drug-likeness (QED) is 0.111. The molecule has 10 nitrogen and oxygen atoms in total. The third kappa shape index (κ3) is 9.48. The number of nitriles is 1. The smallest absolute Gasteiger partial charge is 0.326 e. The van der Waals surface area contributed by atoms with E-state index < -0.39 is 24.2 Å². The average molecular weight is 894 g/mol. The van der Waals surface area contributed by atoms with E-state index >= 15 is 0 Å². The van der Waals surface area contributed by atoms with Gasteiger partial charge < -0.3 is 24.8 Å². The summed E-state index contributed by atoms with van der Waals surface area (Å²) in [6.45, 7) is 5.07. The number of fused-ring (bicyclic) bond motifs is 2. The molecule has 0 saturated carbocycles. The molecule has 8 rings (SSSR count). The minimum absolute atomic E-state index is 0.0853. The topological polar surface area (TPSA) is 132 Å². The molecule has 6 aromatic rings. The molecule has 6 aromatic carbocycles.